The Morgan fingerprint density at radius 2 is 2.30 bits per heavy atom. The molecule has 1 atom stereocenters. The highest BCUT2D eigenvalue weighted by atomic mass is 79.9. The number of likely N-dealkylation sites (N-methyl/N-ethyl adjacent to an activating group) is 1. The molecule has 1 heterocycles. The van der Waals surface area contributed by atoms with Crippen molar-refractivity contribution >= 4 is 21.8 Å². The van der Waals surface area contributed by atoms with Gasteiger partial charge in [-0.15, -0.1) is 10.2 Å². The largest absolute Gasteiger partial charge is 0.341 e. The second-order valence-corrected chi connectivity index (χ2v) is 5.34. The number of nitrogens with zero attached hydrogens (tertiary/aromatic N) is 4. The molecule has 2 rings (SSSR count). The van der Waals surface area contributed by atoms with Gasteiger partial charge in [-0.2, -0.15) is 5.21 Å². The topological polar surface area (TPSA) is 74.8 Å². The molecule has 106 valence electrons. The van der Waals surface area contributed by atoms with Gasteiger partial charge in [0.2, 0.25) is 0 Å². The maximum atomic E-state index is 13.4. The number of carbonyl (C=O) groups excluding carboxylic acids is 1. The second-order valence-electron chi connectivity index (χ2n) is 4.49. The van der Waals surface area contributed by atoms with E-state index >= 15 is 0 Å². The summed E-state index contributed by atoms with van der Waals surface area (Å²) in [5.74, 6) is -0.253. The SMILES string of the molecule is C[C@H](CN(C)C(=O)c1ccc(Br)c(F)c1)c1nn[nH]n1. The van der Waals surface area contributed by atoms with Crippen molar-refractivity contribution in [1.82, 2.24) is 25.5 Å². The van der Waals surface area contributed by atoms with Gasteiger partial charge in [0.15, 0.2) is 5.82 Å². The van der Waals surface area contributed by atoms with E-state index in [1.165, 1.54) is 17.0 Å². The molecule has 0 aliphatic carbocycles. The van der Waals surface area contributed by atoms with Crippen LogP contribution in [0, 0.1) is 5.82 Å². The van der Waals surface area contributed by atoms with E-state index in [-0.39, 0.29) is 11.8 Å². The Bertz CT molecular complexity index is 604. The normalized spacial score (nSPS) is 12.2. The predicted octanol–water partition coefficient (Wildman–Crippen LogP) is 1.98. The first-order valence-electron chi connectivity index (χ1n) is 5.93. The molecule has 1 aromatic heterocycles. The van der Waals surface area contributed by atoms with Gasteiger partial charge in [-0.25, -0.2) is 4.39 Å². The maximum Gasteiger partial charge on any atom is 0.253 e. The zero-order chi connectivity index (χ0) is 14.7. The summed E-state index contributed by atoms with van der Waals surface area (Å²) in [5.41, 5.74) is 0.300. The number of aromatic amines is 1. The van der Waals surface area contributed by atoms with E-state index in [4.69, 9.17) is 0 Å². The number of nitrogens with one attached hydrogen (secondary N) is 1. The van der Waals surface area contributed by atoms with Gasteiger partial charge in [0.25, 0.3) is 5.91 Å². The van der Waals surface area contributed by atoms with E-state index in [2.05, 4.69) is 36.6 Å². The van der Waals surface area contributed by atoms with Crippen LogP contribution in [0.5, 0.6) is 0 Å². The molecule has 0 aliphatic heterocycles. The molecule has 6 nitrogen and oxygen atoms in total. The van der Waals surface area contributed by atoms with Crippen LogP contribution in [-0.2, 0) is 0 Å². The molecule has 0 saturated heterocycles. The number of tetrazole rings is 1. The second kappa shape index (κ2) is 6.08. The third-order valence-electron chi connectivity index (χ3n) is 2.86. The third-order valence-corrected chi connectivity index (χ3v) is 3.51. The van der Waals surface area contributed by atoms with Gasteiger partial charge in [0.05, 0.1) is 4.47 Å². The van der Waals surface area contributed by atoms with Crippen LogP contribution >= 0.6 is 15.9 Å². The zero-order valence-corrected chi connectivity index (χ0v) is 12.6. The molecule has 1 N–H and O–H groups in total. The van der Waals surface area contributed by atoms with Crippen LogP contribution in [0.3, 0.4) is 0 Å². The van der Waals surface area contributed by atoms with Crippen LogP contribution < -0.4 is 0 Å². The number of carbonyl (C=O) groups is 1. The lowest BCUT2D eigenvalue weighted by Crippen LogP contribution is -2.30. The summed E-state index contributed by atoms with van der Waals surface area (Å²) in [6.07, 6.45) is 0. The summed E-state index contributed by atoms with van der Waals surface area (Å²) in [6.45, 7) is 2.30. The average molecular weight is 342 g/mol. The van der Waals surface area contributed by atoms with Gasteiger partial charge in [-0.1, -0.05) is 12.1 Å². The van der Waals surface area contributed by atoms with Crippen LogP contribution in [-0.4, -0.2) is 45.0 Å². The number of hydrogen-bond donors (Lipinski definition) is 1. The monoisotopic (exact) mass is 341 g/mol. The lowest BCUT2D eigenvalue weighted by molar-refractivity contribution is 0.0786. The van der Waals surface area contributed by atoms with E-state index < -0.39 is 5.82 Å². The van der Waals surface area contributed by atoms with Crippen molar-refractivity contribution in [3.8, 4) is 0 Å². The number of hydrogen-bond acceptors (Lipinski definition) is 4. The van der Waals surface area contributed by atoms with Crippen LogP contribution in [0.25, 0.3) is 0 Å². The first-order valence-corrected chi connectivity index (χ1v) is 6.72. The van der Waals surface area contributed by atoms with Crippen molar-refractivity contribution in [2.24, 2.45) is 0 Å². The van der Waals surface area contributed by atoms with E-state index in [1.807, 2.05) is 6.92 Å². The Balaban J connectivity index is 2.06. The van der Waals surface area contributed by atoms with Crippen molar-refractivity contribution in [3.05, 3.63) is 39.9 Å². The fraction of sp³-hybridized carbons (Fsp3) is 0.333. The summed E-state index contributed by atoms with van der Waals surface area (Å²) >= 11 is 3.06. The molecule has 0 aliphatic rings. The van der Waals surface area contributed by atoms with Crippen LogP contribution in [0.1, 0.15) is 29.0 Å². The lowest BCUT2D eigenvalue weighted by Gasteiger charge is -2.20. The average Bonchev–Trinajstić information content (AvgIpc) is 2.95. The maximum absolute atomic E-state index is 13.4. The van der Waals surface area contributed by atoms with Crippen molar-refractivity contribution < 1.29 is 9.18 Å². The summed E-state index contributed by atoms with van der Waals surface area (Å²) in [5, 5.41) is 13.6. The quantitative estimate of drug-likeness (QED) is 0.922. The molecule has 0 fully saturated rings. The number of halogens is 2. The highest BCUT2D eigenvalue weighted by Crippen LogP contribution is 2.18. The Kier molecular flexibility index (Phi) is 4.43. The molecular formula is C12H13BrFN5O. The minimum Gasteiger partial charge on any atom is -0.341 e. The van der Waals surface area contributed by atoms with E-state index in [0.717, 1.165) is 0 Å². The van der Waals surface area contributed by atoms with Gasteiger partial charge in [0.1, 0.15) is 5.82 Å². The fourth-order valence-corrected chi connectivity index (χ4v) is 2.05. The molecule has 8 heteroatoms. The van der Waals surface area contributed by atoms with Gasteiger partial charge in [-0.3, -0.25) is 4.79 Å². The van der Waals surface area contributed by atoms with Crippen molar-refractivity contribution in [2.45, 2.75) is 12.8 Å². The predicted molar refractivity (Wildman–Crippen MR) is 73.7 cm³/mol. The molecule has 0 saturated carbocycles. The Labute approximate surface area is 123 Å². The van der Waals surface area contributed by atoms with Gasteiger partial charge >= 0.3 is 0 Å². The summed E-state index contributed by atoms with van der Waals surface area (Å²) in [7, 11) is 1.65. The first kappa shape index (κ1) is 14.6. The van der Waals surface area contributed by atoms with Crippen LogP contribution in [0.4, 0.5) is 4.39 Å². The number of rotatable bonds is 4. The number of amides is 1. The number of benzene rings is 1. The molecule has 2 aromatic rings. The van der Waals surface area contributed by atoms with E-state index in [0.29, 0.717) is 22.4 Å². The van der Waals surface area contributed by atoms with Gasteiger partial charge < -0.3 is 4.90 Å². The number of aromatic nitrogens is 4. The molecule has 0 unspecified atom stereocenters. The Hall–Kier alpha value is -1.83. The van der Waals surface area contributed by atoms with Crippen LogP contribution in [0.15, 0.2) is 22.7 Å². The zero-order valence-electron chi connectivity index (χ0n) is 11.0. The lowest BCUT2D eigenvalue weighted by atomic mass is 10.1. The van der Waals surface area contributed by atoms with Gasteiger partial charge in [-0.05, 0) is 34.1 Å². The highest BCUT2D eigenvalue weighted by molar-refractivity contribution is 9.10. The Morgan fingerprint density at radius 1 is 1.55 bits per heavy atom. The molecule has 1 aromatic carbocycles. The fourth-order valence-electron chi connectivity index (χ4n) is 1.80. The molecular weight excluding hydrogens is 329 g/mol. The van der Waals surface area contributed by atoms with Gasteiger partial charge in [0, 0.05) is 25.1 Å². The third kappa shape index (κ3) is 3.19. The minimum absolute atomic E-state index is 0.0667. The molecule has 0 radical (unpaired) electrons. The summed E-state index contributed by atoms with van der Waals surface area (Å²) in [6, 6.07) is 4.30. The van der Waals surface area contributed by atoms with Crippen molar-refractivity contribution in [1.29, 1.82) is 0 Å². The first-order chi connectivity index (χ1) is 9.49. The standard InChI is InChI=1S/C12H13BrFN5O/c1-7(11-15-17-18-16-11)6-19(2)12(20)8-3-4-9(13)10(14)5-8/h3-5,7H,6H2,1-2H3,(H,15,16,17,18)/t7-/m1/s1. The molecule has 0 bridgehead atoms. The summed E-state index contributed by atoms with van der Waals surface area (Å²) in [4.78, 5) is 13.7. The molecule has 0 spiro atoms. The van der Waals surface area contributed by atoms with Crippen molar-refractivity contribution in [2.75, 3.05) is 13.6 Å². The number of H-pyrrole nitrogens is 1. The summed E-state index contributed by atoms with van der Waals surface area (Å²) < 4.78 is 13.8. The van der Waals surface area contributed by atoms with Crippen molar-refractivity contribution in [3.63, 3.8) is 0 Å². The van der Waals surface area contributed by atoms with Crippen LogP contribution in [0.2, 0.25) is 0 Å². The smallest absolute Gasteiger partial charge is 0.253 e. The Morgan fingerprint density at radius 3 is 2.90 bits per heavy atom. The minimum atomic E-state index is -0.463. The van der Waals surface area contributed by atoms with E-state index in [1.54, 1.807) is 13.1 Å². The molecule has 20 heavy (non-hydrogen) atoms. The highest BCUT2D eigenvalue weighted by Gasteiger charge is 2.18. The van der Waals surface area contributed by atoms with E-state index in [9.17, 15) is 9.18 Å². The molecule has 1 amide bonds.